The molecule has 286 valence electrons. The second-order valence-electron chi connectivity index (χ2n) is 14.7. The second kappa shape index (κ2) is 31.4. The molecule has 0 fully saturated rings. The van der Waals surface area contributed by atoms with Crippen molar-refractivity contribution in [2.24, 2.45) is 0 Å². The average molecular weight is 779 g/mol. The monoisotopic (exact) mass is 778 g/mol. The third-order valence-electron chi connectivity index (χ3n) is 10.4. The zero-order valence-electron chi connectivity index (χ0n) is 33.4. The smallest absolute Gasteiger partial charge is 0.744 e. The summed E-state index contributed by atoms with van der Waals surface area (Å²) in [5.74, 6) is 0.719. The molecule has 0 saturated carbocycles. The zero-order valence-corrected chi connectivity index (χ0v) is 39.1. The Hall–Kier alpha value is 0.260. The van der Waals surface area contributed by atoms with E-state index in [2.05, 4.69) is 13.8 Å². The molecule has 0 aliphatic rings. The van der Waals surface area contributed by atoms with Crippen LogP contribution in [-0.4, -0.2) is 25.9 Å². The predicted octanol–water partition coefficient (Wildman–Crippen LogP) is 6.55. The van der Waals surface area contributed by atoms with Crippen molar-refractivity contribution in [2.45, 2.75) is 202 Å². The SMILES string of the molecule is CCCCCCCCCCCC(CCCCCCC(CCCCCCCCCCC)c1ccc(S(=O)(=O)[O-])cc1)c1ccc(S(=O)(=O)[O-])cc1.[Na+].[Na+]. The zero-order chi connectivity index (χ0) is 36.5. The van der Waals surface area contributed by atoms with Gasteiger partial charge in [-0.2, -0.15) is 0 Å². The van der Waals surface area contributed by atoms with E-state index in [1.807, 2.05) is 24.3 Å². The van der Waals surface area contributed by atoms with E-state index >= 15 is 0 Å². The van der Waals surface area contributed by atoms with Gasteiger partial charge in [-0.05, 0) is 72.9 Å². The van der Waals surface area contributed by atoms with E-state index in [0.29, 0.717) is 11.8 Å². The van der Waals surface area contributed by atoms with Gasteiger partial charge in [-0.15, -0.1) is 0 Å². The van der Waals surface area contributed by atoms with Crippen LogP contribution in [0.3, 0.4) is 0 Å². The van der Waals surface area contributed by atoms with Crippen LogP contribution < -0.4 is 59.1 Å². The topological polar surface area (TPSA) is 114 Å². The fourth-order valence-electron chi connectivity index (χ4n) is 7.31. The first-order valence-corrected chi connectivity index (χ1v) is 23.0. The van der Waals surface area contributed by atoms with E-state index in [4.69, 9.17) is 0 Å². The molecule has 0 amide bonds. The first-order valence-electron chi connectivity index (χ1n) is 20.2. The molecule has 0 N–H and O–H groups in total. The molecule has 0 heterocycles. The van der Waals surface area contributed by atoms with Crippen LogP contribution in [0.2, 0.25) is 0 Å². The van der Waals surface area contributed by atoms with E-state index in [1.165, 1.54) is 127 Å². The van der Waals surface area contributed by atoms with E-state index in [1.54, 1.807) is 0 Å². The van der Waals surface area contributed by atoms with Gasteiger partial charge in [-0.1, -0.05) is 179 Å². The molecule has 2 aromatic rings. The molecule has 0 aromatic heterocycles. The Morgan fingerprint density at radius 3 is 0.808 bits per heavy atom. The summed E-state index contributed by atoms with van der Waals surface area (Å²) in [6, 6.07) is 13.2. The third kappa shape index (κ3) is 24.0. The fraction of sp³-hybridized carbons (Fsp3) is 0.714. The molecule has 2 aromatic carbocycles. The number of hydrogen-bond donors (Lipinski definition) is 0. The molecule has 6 nitrogen and oxygen atoms in total. The van der Waals surface area contributed by atoms with Gasteiger partial charge in [0, 0.05) is 0 Å². The Kier molecular flexibility index (Phi) is 31.5. The van der Waals surface area contributed by atoms with Crippen LogP contribution >= 0.6 is 0 Å². The second-order valence-corrected chi connectivity index (χ2v) is 17.4. The van der Waals surface area contributed by atoms with Crippen LogP contribution in [0.1, 0.15) is 204 Å². The van der Waals surface area contributed by atoms with Crippen LogP contribution in [0.4, 0.5) is 0 Å². The Morgan fingerprint density at radius 1 is 0.385 bits per heavy atom. The first-order chi connectivity index (χ1) is 24.1. The summed E-state index contributed by atoms with van der Waals surface area (Å²) in [7, 11) is -8.90. The summed E-state index contributed by atoms with van der Waals surface area (Å²) >= 11 is 0. The van der Waals surface area contributed by atoms with Crippen LogP contribution in [0, 0.1) is 0 Å². The van der Waals surface area contributed by atoms with Gasteiger partial charge in [0.15, 0.2) is 0 Å². The molecular weight excluding hydrogens is 711 g/mol. The Morgan fingerprint density at radius 2 is 0.596 bits per heavy atom. The largest absolute Gasteiger partial charge is 1.00 e. The van der Waals surface area contributed by atoms with E-state index in [-0.39, 0.29) is 68.9 Å². The molecule has 2 unspecified atom stereocenters. The van der Waals surface area contributed by atoms with Gasteiger partial charge < -0.3 is 9.11 Å². The predicted molar refractivity (Wildman–Crippen MR) is 206 cm³/mol. The summed E-state index contributed by atoms with van der Waals surface area (Å²) in [5.41, 5.74) is 2.25. The molecule has 0 spiro atoms. The molecule has 52 heavy (non-hydrogen) atoms. The van der Waals surface area contributed by atoms with Crippen LogP contribution in [0.25, 0.3) is 0 Å². The standard InChI is InChI=1S/C42H70O6S2.2Na/c1-3-5-7-9-11-13-15-17-21-25-37(39-29-33-41(34-30-39)49(43,44)45)27-23-19-20-24-28-38(26-22-18-16-14-12-10-8-6-4-2)40-31-35-42(36-32-40)50(46,47)48;;/h29-38H,3-28H2,1-2H3,(H,43,44,45)(H,46,47,48);;/q;2*+1/p-2. The third-order valence-corrected chi connectivity index (χ3v) is 12.1. The molecule has 2 atom stereocenters. The first kappa shape index (κ1) is 52.3. The van der Waals surface area contributed by atoms with Gasteiger partial charge in [0.1, 0.15) is 20.2 Å². The normalized spacial score (nSPS) is 12.9. The van der Waals surface area contributed by atoms with E-state index < -0.39 is 20.2 Å². The molecule has 0 aliphatic carbocycles. The maximum absolute atomic E-state index is 11.5. The Bertz CT molecular complexity index is 1240. The van der Waals surface area contributed by atoms with Crippen molar-refractivity contribution >= 4 is 20.2 Å². The maximum Gasteiger partial charge on any atom is 1.00 e. The van der Waals surface area contributed by atoms with Crippen LogP contribution in [-0.2, 0) is 20.2 Å². The van der Waals surface area contributed by atoms with Gasteiger partial charge in [0.2, 0.25) is 0 Å². The van der Waals surface area contributed by atoms with E-state index in [0.717, 1.165) is 75.3 Å². The summed E-state index contributed by atoms with van der Waals surface area (Å²) < 4.78 is 68.9. The molecular formula is C42H68Na2O6S2. The molecule has 0 bridgehead atoms. The molecule has 0 radical (unpaired) electrons. The molecule has 0 aliphatic heterocycles. The van der Waals surface area contributed by atoms with Gasteiger partial charge in [0.05, 0.1) is 9.79 Å². The fourth-order valence-corrected chi connectivity index (χ4v) is 8.25. The van der Waals surface area contributed by atoms with Crippen molar-refractivity contribution in [2.75, 3.05) is 0 Å². The summed E-state index contributed by atoms with van der Waals surface area (Å²) in [5, 5.41) is 0. The number of benzene rings is 2. The van der Waals surface area contributed by atoms with Crippen LogP contribution in [0.5, 0.6) is 0 Å². The van der Waals surface area contributed by atoms with Crippen molar-refractivity contribution in [3.63, 3.8) is 0 Å². The molecule has 2 rings (SSSR count). The maximum atomic E-state index is 11.5. The van der Waals surface area contributed by atoms with Crippen LogP contribution in [0.15, 0.2) is 58.3 Å². The van der Waals surface area contributed by atoms with Crippen molar-refractivity contribution in [3.8, 4) is 0 Å². The van der Waals surface area contributed by atoms with Crippen molar-refractivity contribution in [3.05, 3.63) is 59.7 Å². The average Bonchev–Trinajstić information content (AvgIpc) is 3.09. The van der Waals surface area contributed by atoms with Gasteiger partial charge in [-0.25, -0.2) is 16.8 Å². The molecule has 10 heteroatoms. The van der Waals surface area contributed by atoms with Gasteiger partial charge in [-0.3, -0.25) is 0 Å². The summed E-state index contributed by atoms with van der Waals surface area (Å²) in [4.78, 5) is -0.325. The minimum atomic E-state index is -4.45. The summed E-state index contributed by atoms with van der Waals surface area (Å²) in [6.45, 7) is 4.49. The van der Waals surface area contributed by atoms with Gasteiger partial charge in [0.25, 0.3) is 0 Å². The Labute approximate surface area is 364 Å². The van der Waals surface area contributed by atoms with Crippen molar-refractivity contribution in [1.82, 2.24) is 0 Å². The summed E-state index contributed by atoms with van der Waals surface area (Å²) in [6.07, 6.45) is 31.8. The van der Waals surface area contributed by atoms with Gasteiger partial charge >= 0.3 is 59.1 Å². The van der Waals surface area contributed by atoms with Crippen molar-refractivity contribution < 1.29 is 85.1 Å². The number of unbranched alkanes of at least 4 members (excludes halogenated alkanes) is 19. The van der Waals surface area contributed by atoms with E-state index in [9.17, 15) is 25.9 Å². The number of hydrogen-bond acceptors (Lipinski definition) is 6. The molecule has 0 saturated heterocycles. The minimum Gasteiger partial charge on any atom is -0.744 e. The number of rotatable bonds is 31. The van der Waals surface area contributed by atoms with Crippen molar-refractivity contribution in [1.29, 1.82) is 0 Å². The Balaban J connectivity index is 0.0000130. The minimum absolute atomic E-state index is 0. The quantitative estimate of drug-likeness (QED) is 0.0488.